The highest BCUT2D eigenvalue weighted by molar-refractivity contribution is 6.31. The van der Waals surface area contributed by atoms with Gasteiger partial charge in [0.2, 0.25) is 5.91 Å². The van der Waals surface area contributed by atoms with Gasteiger partial charge in [-0.15, -0.1) is 0 Å². The second kappa shape index (κ2) is 10.3. The van der Waals surface area contributed by atoms with Crippen molar-refractivity contribution in [2.75, 3.05) is 6.61 Å². The number of halogens is 1. The average Bonchev–Trinajstić information content (AvgIpc) is 2.62. The van der Waals surface area contributed by atoms with Crippen LogP contribution in [0, 0.1) is 12.8 Å². The van der Waals surface area contributed by atoms with Crippen molar-refractivity contribution < 1.29 is 14.3 Å². The lowest BCUT2D eigenvalue weighted by molar-refractivity contribution is -0.130. The summed E-state index contributed by atoms with van der Waals surface area (Å²) in [5.74, 6) is 0.781. The third kappa shape index (κ3) is 7.34. The fourth-order valence-electron chi connectivity index (χ4n) is 3.12. The number of amides is 2. The van der Waals surface area contributed by atoms with Crippen LogP contribution in [0.25, 0.3) is 0 Å². The van der Waals surface area contributed by atoms with Crippen LogP contribution in [-0.2, 0) is 9.59 Å². The van der Waals surface area contributed by atoms with Crippen molar-refractivity contribution in [1.29, 1.82) is 0 Å². The number of ether oxygens (including phenoxy) is 1. The molecular weight excluding hydrogens is 340 g/mol. The zero-order valence-electron chi connectivity index (χ0n) is 14.8. The molecule has 138 valence electrons. The molecule has 0 unspecified atom stereocenters. The minimum atomic E-state index is -0.395. The van der Waals surface area contributed by atoms with Gasteiger partial charge < -0.3 is 4.74 Å². The van der Waals surface area contributed by atoms with Crippen molar-refractivity contribution in [2.24, 2.45) is 5.92 Å². The molecule has 0 saturated heterocycles. The Labute approximate surface area is 154 Å². The third-order valence-electron chi connectivity index (χ3n) is 4.58. The average molecular weight is 367 g/mol. The summed E-state index contributed by atoms with van der Waals surface area (Å²) in [4.78, 5) is 23.5. The van der Waals surface area contributed by atoms with Gasteiger partial charge in [-0.25, -0.2) is 0 Å². The maximum absolute atomic E-state index is 11.8. The first-order valence-electron chi connectivity index (χ1n) is 9.01. The first-order chi connectivity index (χ1) is 12.0. The molecule has 1 aliphatic rings. The van der Waals surface area contributed by atoms with Gasteiger partial charge in [-0.2, -0.15) is 0 Å². The van der Waals surface area contributed by atoms with Crippen molar-refractivity contribution in [2.45, 2.75) is 58.3 Å². The van der Waals surface area contributed by atoms with Crippen LogP contribution in [0.4, 0.5) is 0 Å². The predicted molar refractivity (Wildman–Crippen MR) is 98.4 cm³/mol. The molecule has 0 aromatic heterocycles. The van der Waals surface area contributed by atoms with Gasteiger partial charge in [0, 0.05) is 11.4 Å². The molecule has 1 fully saturated rings. The Kier molecular flexibility index (Phi) is 8.06. The number of hydrogen-bond acceptors (Lipinski definition) is 3. The Morgan fingerprint density at radius 1 is 1.16 bits per heavy atom. The van der Waals surface area contributed by atoms with Crippen LogP contribution < -0.4 is 15.6 Å². The smallest absolute Gasteiger partial charge is 0.276 e. The SMILES string of the molecule is Cc1cc(OCC(=O)NNC(=O)CCCC2CCCCC2)ccc1Cl. The van der Waals surface area contributed by atoms with Crippen LogP contribution >= 0.6 is 11.6 Å². The van der Waals surface area contributed by atoms with Gasteiger partial charge in [-0.3, -0.25) is 20.4 Å². The molecule has 1 aromatic rings. The van der Waals surface area contributed by atoms with Gasteiger partial charge in [0.25, 0.3) is 5.91 Å². The van der Waals surface area contributed by atoms with Gasteiger partial charge in [0.15, 0.2) is 6.61 Å². The third-order valence-corrected chi connectivity index (χ3v) is 5.01. The van der Waals surface area contributed by atoms with Crippen LogP contribution in [0.2, 0.25) is 5.02 Å². The van der Waals surface area contributed by atoms with E-state index in [1.807, 2.05) is 6.92 Å². The molecule has 0 spiro atoms. The molecule has 0 bridgehead atoms. The van der Waals surface area contributed by atoms with E-state index in [1.165, 1.54) is 32.1 Å². The summed E-state index contributed by atoms with van der Waals surface area (Å²) < 4.78 is 5.37. The Morgan fingerprint density at radius 3 is 2.60 bits per heavy atom. The number of hydrogen-bond donors (Lipinski definition) is 2. The van der Waals surface area contributed by atoms with E-state index in [4.69, 9.17) is 16.3 Å². The van der Waals surface area contributed by atoms with E-state index >= 15 is 0 Å². The minimum Gasteiger partial charge on any atom is -0.484 e. The summed E-state index contributed by atoms with van der Waals surface area (Å²) in [7, 11) is 0. The lowest BCUT2D eigenvalue weighted by atomic mass is 9.86. The molecule has 5 nitrogen and oxygen atoms in total. The zero-order valence-corrected chi connectivity index (χ0v) is 15.5. The number of rotatable bonds is 7. The van der Waals surface area contributed by atoms with E-state index in [1.54, 1.807) is 18.2 Å². The molecule has 0 radical (unpaired) electrons. The predicted octanol–water partition coefficient (Wildman–Crippen LogP) is 3.93. The molecule has 2 N–H and O–H groups in total. The largest absolute Gasteiger partial charge is 0.484 e. The second-order valence-electron chi connectivity index (χ2n) is 6.69. The van der Waals surface area contributed by atoms with E-state index in [0.717, 1.165) is 24.3 Å². The quantitative estimate of drug-likeness (QED) is 0.718. The molecule has 6 heteroatoms. The highest BCUT2D eigenvalue weighted by Gasteiger charge is 2.13. The number of nitrogens with one attached hydrogen (secondary N) is 2. The first kappa shape index (κ1) is 19.6. The molecule has 2 rings (SSSR count). The molecule has 1 aromatic carbocycles. The molecule has 0 atom stereocenters. The Hall–Kier alpha value is -1.75. The van der Waals surface area contributed by atoms with E-state index < -0.39 is 5.91 Å². The maximum Gasteiger partial charge on any atom is 0.276 e. The number of aryl methyl sites for hydroxylation is 1. The minimum absolute atomic E-state index is 0.161. The Balaban J connectivity index is 1.57. The second-order valence-corrected chi connectivity index (χ2v) is 7.10. The van der Waals surface area contributed by atoms with E-state index in [2.05, 4.69) is 10.9 Å². The van der Waals surface area contributed by atoms with E-state index in [9.17, 15) is 9.59 Å². The molecule has 0 heterocycles. The van der Waals surface area contributed by atoms with Gasteiger partial charge >= 0.3 is 0 Å². The molecule has 25 heavy (non-hydrogen) atoms. The van der Waals surface area contributed by atoms with E-state index in [0.29, 0.717) is 17.2 Å². The number of hydrazine groups is 1. The summed E-state index contributed by atoms with van der Waals surface area (Å²) in [5.41, 5.74) is 5.70. The van der Waals surface area contributed by atoms with Crippen LogP contribution in [-0.4, -0.2) is 18.4 Å². The molecule has 1 aliphatic carbocycles. The molecule has 2 amide bonds. The van der Waals surface area contributed by atoms with Gasteiger partial charge in [-0.1, -0.05) is 43.7 Å². The Bertz CT molecular complexity index is 586. The highest BCUT2D eigenvalue weighted by atomic mass is 35.5. The van der Waals surface area contributed by atoms with Crippen molar-refractivity contribution in [3.63, 3.8) is 0 Å². The fraction of sp³-hybridized carbons (Fsp3) is 0.579. The fourth-order valence-corrected chi connectivity index (χ4v) is 3.24. The van der Waals surface area contributed by atoms with Gasteiger partial charge in [0.05, 0.1) is 0 Å². The van der Waals surface area contributed by atoms with Crippen molar-refractivity contribution in [1.82, 2.24) is 10.9 Å². The zero-order chi connectivity index (χ0) is 18.1. The van der Waals surface area contributed by atoms with E-state index in [-0.39, 0.29) is 12.5 Å². The number of benzene rings is 1. The summed E-state index contributed by atoms with van der Waals surface area (Å²) in [5, 5.41) is 0.650. The normalized spacial score (nSPS) is 14.8. The van der Waals surface area contributed by atoms with Crippen LogP contribution in [0.15, 0.2) is 18.2 Å². The van der Waals surface area contributed by atoms with Crippen LogP contribution in [0.1, 0.15) is 56.9 Å². The molecule has 1 saturated carbocycles. The van der Waals surface area contributed by atoms with Crippen molar-refractivity contribution >= 4 is 23.4 Å². The topological polar surface area (TPSA) is 67.4 Å². The summed E-state index contributed by atoms with van der Waals surface area (Å²) in [6.45, 7) is 1.70. The number of carbonyl (C=O) groups excluding carboxylic acids is 2. The van der Waals surface area contributed by atoms with Gasteiger partial charge in [0.1, 0.15) is 5.75 Å². The summed E-state index contributed by atoms with van der Waals surface area (Å²) in [6, 6.07) is 5.18. The van der Waals surface area contributed by atoms with Crippen LogP contribution in [0.5, 0.6) is 5.75 Å². The first-order valence-corrected chi connectivity index (χ1v) is 9.39. The van der Waals surface area contributed by atoms with Crippen LogP contribution in [0.3, 0.4) is 0 Å². The standard InChI is InChI=1S/C19H27ClN2O3/c1-14-12-16(10-11-17(14)20)25-13-19(24)22-21-18(23)9-5-8-15-6-3-2-4-7-15/h10-12,15H,2-9,13H2,1H3,(H,21,23)(H,22,24). The van der Waals surface area contributed by atoms with Crippen molar-refractivity contribution in [3.05, 3.63) is 28.8 Å². The highest BCUT2D eigenvalue weighted by Crippen LogP contribution is 2.27. The number of carbonyl (C=O) groups is 2. The monoisotopic (exact) mass is 366 g/mol. The molecule has 0 aliphatic heterocycles. The summed E-state index contributed by atoms with van der Waals surface area (Å²) in [6.07, 6.45) is 8.97. The van der Waals surface area contributed by atoms with Crippen molar-refractivity contribution in [3.8, 4) is 5.75 Å². The maximum atomic E-state index is 11.8. The summed E-state index contributed by atoms with van der Waals surface area (Å²) >= 11 is 5.94. The Morgan fingerprint density at radius 2 is 1.88 bits per heavy atom. The lowest BCUT2D eigenvalue weighted by Gasteiger charge is -2.21. The van der Waals surface area contributed by atoms with Gasteiger partial charge in [-0.05, 0) is 49.4 Å². The molecular formula is C19H27ClN2O3. The lowest BCUT2D eigenvalue weighted by Crippen LogP contribution is -2.43.